The molecule has 0 spiro atoms. The zero-order valence-corrected chi connectivity index (χ0v) is 16.6. The molecule has 4 rings (SSSR count). The topological polar surface area (TPSA) is 41.6 Å². The molecule has 5 heteroatoms. The lowest BCUT2D eigenvalue weighted by atomic mass is 9.78. The summed E-state index contributed by atoms with van der Waals surface area (Å²) in [7, 11) is 1.70. The summed E-state index contributed by atoms with van der Waals surface area (Å²) >= 11 is 0. The fourth-order valence-corrected chi connectivity index (χ4v) is 4.39. The van der Waals surface area contributed by atoms with E-state index in [-0.39, 0.29) is 18.3 Å². The van der Waals surface area contributed by atoms with Crippen LogP contribution in [0.3, 0.4) is 0 Å². The number of piperidine rings is 1. The minimum Gasteiger partial charge on any atom is -0.384 e. The standard InChI is InChI=1S/C22H26N2O2.ClH/c1-26-16-22(10-12-23-13-11-22)21(25)24-14-17-6-2-4-8-19(17)20-9-5-3-7-18(20)15-24;/h2-9,23H,10-16H2,1H3;1H. The molecule has 0 bridgehead atoms. The minimum atomic E-state index is -0.409. The Morgan fingerprint density at radius 1 is 1.00 bits per heavy atom. The molecule has 0 unspecified atom stereocenters. The molecule has 0 atom stereocenters. The smallest absolute Gasteiger partial charge is 0.231 e. The van der Waals surface area contributed by atoms with Gasteiger partial charge in [0.2, 0.25) is 5.91 Å². The lowest BCUT2D eigenvalue weighted by molar-refractivity contribution is -0.149. The molecule has 2 aromatic carbocycles. The van der Waals surface area contributed by atoms with Crippen LogP contribution in [-0.4, -0.2) is 37.6 Å². The number of nitrogens with one attached hydrogen (secondary N) is 1. The molecular weight excluding hydrogens is 360 g/mol. The molecule has 27 heavy (non-hydrogen) atoms. The highest BCUT2D eigenvalue weighted by Crippen LogP contribution is 2.37. The Balaban J connectivity index is 0.00000210. The van der Waals surface area contributed by atoms with Crippen LogP contribution in [0.25, 0.3) is 11.1 Å². The van der Waals surface area contributed by atoms with Crippen LogP contribution in [0.15, 0.2) is 48.5 Å². The van der Waals surface area contributed by atoms with E-state index < -0.39 is 5.41 Å². The van der Waals surface area contributed by atoms with E-state index in [0.717, 1.165) is 25.9 Å². The van der Waals surface area contributed by atoms with Gasteiger partial charge in [-0.2, -0.15) is 0 Å². The summed E-state index contributed by atoms with van der Waals surface area (Å²) in [6.07, 6.45) is 1.67. The van der Waals surface area contributed by atoms with Crippen LogP contribution in [0, 0.1) is 5.41 Å². The molecule has 2 aromatic rings. The van der Waals surface area contributed by atoms with Crippen molar-refractivity contribution in [3.05, 3.63) is 59.7 Å². The van der Waals surface area contributed by atoms with Gasteiger partial charge >= 0.3 is 0 Å². The van der Waals surface area contributed by atoms with Gasteiger partial charge in [0.25, 0.3) is 0 Å². The van der Waals surface area contributed by atoms with E-state index in [4.69, 9.17) is 4.74 Å². The van der Waals surface area contributed by atoms with Gasteiger partial charge in [0.05, 0.1) is 12.0 Å². The van der Waals surface area contributed by atoms with E-state index in [1.165, 1.54) is 22.3 Å². The second-order valence-electron chi connectivity index (χ2n) is 7.44. The number of nitrogens with zero attached hydrogens (tertiary/aromatic N) is 1. The Morgan fingerprint density at radius 3 is 2.04 bits per heavy atom. The van der Waals surface area contributed by atoms with Crippen LogP contribution in [0.2, 0.25) is 0 Å². The van der Waals surface area contributed by atoms with E-state index in [9.17, 15) is 4.79 Å². The normalized spacial score (nSPS) is 17.9. The van der Waals surface area contributed by atoms with Gasteiger partial charge in [0.1, 0.15) is 0 Å². The number of carbonyl (C=O) groups excluding carboxylic acids is 1. The highest BCUT2D eigenvalue weighted by atomic mass is 35.5. The minimum absolute atomic E-state index is 0. The Kier molecular flexibility index (Phi) is 6.20. The molecule has 1 amide bonds. The molecular formula is C22H27ClN2O2. The van der Waals surface area contributed by atoms with Crippen molar-refractivity contribution in [1.29, 1.82) is 0 Å². The maximum absolute atomic E-state index is 13.7. The van der Waals surface area contributed by atoms with Gasteiger partial charge in [-0.05, 0) is 48.2 Å². The molecule has 2 aliphatic rings. The second kappa shape index (κ2) is 8.42. The molecule has 1 fully saturated rings. The molecule has 2 aliphatic heterocycles. The molecule has 0 saturated carbocycles. The first-order chi connectivity index (χ1) is 12.7. The predicted molar refractivity (Wildman–Crippen MR) is 110 cm³/mol. The van der Waals surface area contributed by atoms with E-state index >= 15 is 0 Å². The molecule has 0 radical (unpaired) electrons. The quantitative estimate of drug-likeness (QED) is 0.875. The van der Waals surface area contributed by atoms with Crippen LogP contribution in [0.1, 0.15) is 24.0 Å². The highest BCUT2D eigenvalue weighted by Gasteiger charge is 2.42. The van der Waals surface area contributed by atoms with E-state index in [2.05, 4.69) is 53.8 Å². The molecule has 2 heterocycles. The first-order valence-corrected chi connectivity index (χ1v) is 9.39. The number of amides is 1. The molecule has 1 saturated heterocycles. The fourth-order valence-electron chi connectivity index (χ4n) is 4.39. The molecule has 4 nitrogen and oxygen atoms in total. The zero-order chi connectivity index (χ0) is 18.0. The lowest BCUT2D eigenvalue weighted by Crippen LogP contribution is -2.51. The number of hydrogen-bond donors (Lipinski definition) is 1. The predicted octanol–water partition coefficient (Wildman–Crippen LogP) is 3.63. The molecule has 144 valence electrons. The first kappa shape index (κ1) is 19.9. The van der Waals surface area contributed by atoms with E-state index in [1.54, 1.807) is 7.11 Å². The van der Waals surface area contributed by atoms with Crippen LogP contribution >= 0.6 is 12.4 Å². The van der Waals surface area contributed by atoms with Crippen LogP contribution in [0.4, 0.5) is 0 Å². The number of ether oxygens (including phenoxy) is 1. The summed E-state index contributed by atoms with van der Waals surface area (Å²) in [5.41, 5.74) is 4.50. The number of methoxy groups -OCH3 is 1. The number of fused-ring (bicyclic) bond motifs is 3. The SMILES string of the molecule is COCC1(C(=O)N2Cc3ccccc3-c3ccccc3C2)CCNCC1.Cl. The van der Waals surface area contributed by atoms with Crippen molar-refractivity contribution in [2.45, 2.75) is 25.9 Å². The van der Waals surface area contributed by atoms with Crippen molar-refractivity contribution in [2.75, 3.05) is 26.8 Å². The second-order valence-corrected chi connectivity index (χ2v) is 7.44. The Bertz CT molecular complexity index is 749. The third kappa shape index (κ3) is 3.75. The maximum Gasteiger partial charge on any atom is 0.231 e. The summed E-state index contributed by atoms with van der Waals surface area (Å²) in [6.45, 7) is 3.55. The zero-order valence-electron chi connectivity index (χ0n) is 15.7. The van der Waals surface area contributed by atoms with Crippen molar-refractivity contribution in [3.63, 3.8) is 0 Å². The van der Waals surface area contributed by atoms with Gasteiger partial charge in [-0.15, -0.1) is 12.4 Å². The number of hydrogen-bond acceptors (Lipinski definition) is 3. The summed E-state index contributed by atoms with van der Waals surface area (Å²) in [5.74, 6) is 0.229. The number of rotatable bonds is 3. The average molecular weight is 387 g/mol. The fraction of sp³-hybridized carbons (Fsp3) is 0.409. The van der Waals surface area contributed by atoms with Crippen molar-refractivity contribution in [1.82, 2.24) is 10.2 Å². The molecule has 0 aliphatic carbocycles. The number of carbonyl (C=O) groups is 1. The Labute approximate surface area is 167 Å². The average Bonchev–Trinajstić information content (AvgIpc) is 2.85. The van der Waals surface area contributed by atoms with E-state index in [0.29, 0.717) is 19.7 Å². The monoisotopic (exact) mass is 386 g/mol. The van der Waals surface area contributed by atoms with Gasteiger partial charge in [0.15, 0.2) is 0 Å². The third-order valence-corrected chi connectivity index (χ3v) is 5.77. The molecule has 0 aromatic heterocycles. The van der Waals surface area contributed by atoms with Gasteiger partial charge in [-0.1, -0.05) is 48.5 Å². The van der Waals surface area contributed by atoms with Crippen LogP contribution in [0.5, 0.6) is 0 Å². The van der Waals surface area contributed by atoms with Crippen LogP contribution < -0.4 is 5.32 Å². The van der Waals surface area contributed by atoms with Crippen LogP contribution in [-0.2, 0) is 22.6 Å². The molecule has 1 N–H and O–H groups in total. The summed E-state index contributed by atoms with van der Waals surface area (Å²) in [5, 5.41) is 3.37. The summed E-state index contributed by atoms with van der Waals surface area (Å²) in [6, 6.07) is 16.9. The number of benzene rings is 2. The lowest BCUT2D eigenvalue weighted by Gasteiger charge is -2.39. The van der Waals surface area contributed by atoms with Gasteiger partial charge in [-0.25, -0.2) is 0 Å². The third-order valence-electron chi connectivity index (χ3n) is 5.77. The first-order valence-electron chi connectivity index (χ1n) is 9.39. The Hall–Kier alpha value is -1.88. The van der Waals surface area contributed by atoms with Crippen molar-refractivity contribution in [3.8, 4) is 11.1 Å². The largest absolute Gasteiger partial charge is 0.384 e. The number of halogens is 1. The van der Waals surface area contributed by atoms with Gasteiger partial charge < -0.3 is 15.0 Å². The van der Waals surface area contributed by atoms with Gasteiger partial charge in [-0.3, -0.25) is 4.79 Å². The maximum atomic E-state index is 13.7. The van der Waals surface area contributed by atoms with Crippen molar-refractivity contribution >= 4 is 18.3 Å². The Morgan fingerprint density at radius 2 is 1.52 bits per heavy atom. The van der Waals surface area contributed by atoms with Gasteiger partial charge in [0, 0.05) is 20.2 Å². The van der Waals surface area contributed by atoms with Crippen molar-refractivity contribution < 1.29 is 9.53 Å². The summed E-state index contributed by atoms with van der Waals surface area (Å²) in [4.78, 5) is 15.7. The summed E-state index contributed by atoms with van der Waals surface area (Å²) < 4.78 is 5.49. The van der Waals surface area contributed by atoms with E-state index in [1.807, 2.05) is 4.90 Å². The van der Waals surface area contributed by atoms with Crippen molar-refractivity contribution in [2.24, 2.45) is 5.41 Å². The highest BCUT2D eigenvalue weighted by molar-refractivity contribution is 5.85.